The second kappa shape index (κ2) is 7.19. The van der Waals surface area contributed by atoms with Crippen LogP contribution in [0.5, 0.6) is 0 Å². The molecule has 0 aliphatic heterocycles. The third-order valence-corrected chi connectivity index (χ3v) is 5.59. The van der Waals surface area contributed by atoms with Crippen LogP contribution in [0.15, 0.2) is 30.7 Å². The van der Waals surface area contributed by atoms with E-state index in [1.165, 1.54) is 35.9 Å². The number of carboxylic acids is 1. The predicted octanol–water partition coefficient (Wildman–Crippen LogP) is 3.61. The van der Waals surface area contributed by atoms with E-state index in [1.807, 2.05) is 18.5 Å². The number of aromatic carboxylic acids is 1. The van der Waals surface area contributed by atoms with Gasteiger partial charge in [-0.2, -0.15) is 0 Å². The summed E-state index contributed by atoms with van der Waals surface area (Å²) < 4.78 is 0. The highest BCUT2D eigenvalue weighted by Crippen LogP contribution is 2.33. The smallest absolute Gasteiger partial charge is 0.347 e. The maximum absolute atomic E-state index is 11.0. The van der Waals surface area contributed by atoms with Crippen LogP contribution in [-0.2, 0) is 0 Å². The van der Waals surface area contributed by atoms with Crippen LogP contribution in [0.3, 0.4) is 0 Å². The van der Waals surface area contributed by atoms with Gasteiger partial charge in [-0.15, -0.1) is 11.3 Å². The van der Waals surface area contributed by atoms with E-state index in [9.17, 15) is 4.79 Å². The van der Waals surface area contributed by atoms with E-state index in [1.54, 1.807) is 0 Å². The molecular formula is C17H21N3O2S. The number of hydrogen-bond acceptors (Lipinski definition) is 5. The SMILES string of the molecule is CC(NC1CCCC(c2cccnc2)C1)c1ncc(C(=O)O)s1. The Morgan fingerprint density at radius 3 is 3.00 bits per heavy atom. The highest BCUT2D eigenvalue weighted by atomic mass is 32.1. The topological polar surface area (TPSA) is 75.1 Å². The van der Waals surface area contributed by atoms with Crippen LogP contribution >= 0.6 is 11.3 Å². The second-order valence-corrected chi connectivity index (χ2v) is 7.17. The summed E-state index contributed by atoms with van der Waals surface area (Å²) in [6.07, 6.45) is 9.87. The van der Waals surface area contributed by atoms with E-state index in [0.29, 0.717) is 16.8 Å². The molecule has 1 saturated carbocycles. The molecule has 0 bridgehead atoms. The van der Waals surface area contributed by atoms with E-state index in [2.05, 4.69) is 28.3 Å². The quantitative estimate of drug-likeness (QED) is 0.875. The predicted molar refractivity (Wildman–Crippen MR) is 89.9 cm³/mol. The molecule has 1 fully saturated rings. The van der Waals surface area contributed by atoms with Crippen molar-refractivity contribution >= 4 is 17.3 Å². The van der Waals surface area contributed by atoms with Crippen molar-refractivity contribution < 1.29 is 9.90 Å². The second-order valence-electron chi connectivity index (χ2n) is 6.10. The fourth-order valence-corrected chi connectivity index (χ4v) is 4.04. The maximum Gasteiger partial charge on any atom is 0.347 e. The number of hydrogen-bond donors (Lipinski definition) is 2. The minimum atomic E-state index is -0.907. The molecule has 0 aromatic carbocycles. The molecule has 23 heavy (non-hydrogen) atoms. The lowest BCUT2D eigenvalue weighted by Crippen LogP contribution is -2.35. The number of carbonyl (C=O) groups is 1. The molecular weight excluding hydrogens is 310 g/mol. The minimum absolute atomic E-state index is 0.0748. The molecule has 2 heterocycles. The summed E-state index contributed by atoms with van der Waals surface area (Å²) in [4.78, 5) is 19.7. The van der Waals surface area contributed by atoms with E-state index in [4.69, 9.17) is 5.11 Å². The minimum Gasteiger partial charge on any atom is -0.477 e. The van der Waals surface area contributed by atoms with E-state index in [0.717, 1.165) is 17.8 Å². The summed E-state index contributed by atoms with van der Waals surface area (Å²) in [5.74, 6) is -0.358. The van der Waals surface area contributed by atoms with Crippen LogP contribution in [0.1, 0.15) is 64.8 Å². The summed E-state index contributed by atoms with van der Waals surface area (Å²) in [6.45, 7) is 2.05. The molecule has 2 aromatic rings. The molecule has 3 rings (SSSR count). The van der Waals surface area contributed by atoms with Gasteiger partial charge in [-0.05, 0) is 43.7 Å². The molecule has 0 amide bonds. The Kier molecular flexibility index (Phi) is 5.03. The normalized spacial score (nSPS) is 22.7. The average molecular weight is 331 g/mol. The zero-order chi connectivity index (χ0) is 16.2. The van der Waals surface area contributed by atoms with E-state index < -0.39 is 5.97 Å². The van der Waals surface area contributed by atoms with Crippen LogP contribution in [0.25, 0.3) is 0 Å². The zero-order valence-corrected chi connectivity index (χ0v) is 13.9. The van der Waals surface area contributed by atoms with Crippen molar-refractivity contribution in [3.8, 4) is 0 Å². The van der Waals surface area contributed by atoms with Gasteiger partial charge in [0, 0.05) is 18.4 Å². The van der Waals surface area contributed by atoms with Gasteiger partial charge < -0.3 is 10.4 Å². The fraction of sp³-hybridized carbons (Fsp3) is 0.471. The molecule has 5 nitrogen and oxygen atoms in total. The average Bonchev–Trinajstić information content (AvgIpc) is 3.06. The number of aromatic nitrogens is 2. The molecule has 2 aromatic heterocycles. The van der Waals surface area contributed by atoms with Gasteiger partial charge in [-0.3, -0.25) is 4.98 Å². The van der Waals surface area contributed by atoms with Gasteiger partial charge in [-0.25, -0.2) is 9.78 Å². The first-order valence-electron chi connectivity index (χ1n) is 7.98. The molecule has 1 aliphatic rings. The largest absolute Gasteiger partial charge is 0.477 e. The lowest BCUT2D eigenvalue weighted by molar-refractivity contribution is 0.0702. The molecule has 1 aliphatic carbocycles. The third kappa shape index (κ3) is 3.95. The highest BCUT2D eigenvalue weighted by molar-refractivity contribution is 7.13. The van der Waals surface area contributed by atoms with Gasteiger partial charge in [0.15, 0.2) is 0 Å². The fourth-order valence-electron chi connectivity index (χ4n) is 3.27. The van der Waals surface area contributed by atoms with E-state index in [-0.39, 0.29) is 6.04 Å². The molecule has 6 heteroatoms. The Hall–Kier alpha value is -1.79. The first-order valence-corrected chi connectivity index (χ1v) is 8.80. The molecule has 0 radical (unpaired) electrons. The van der Waals surface area contributed by atoms with Crippen molar-refractivity contribution in [2.75, 3.05) is 0 Å². The van der Waals surface area contributed by atoms with Crippen molar-refractivity contribution in [1.29, 1.82) is 0 Å². The highest BCUT2D eigenvalue weighted by Gasteiger charge is 2.25. The van der Waals surface area contributed by atoms with Crippen LogP contribution in [0, 0.1) is 0 Å². The summed E-state index contributed by atoms with van der Waals surface area (Å²) in [5.41, 5.74) is 1.31. The van der Waals surface area contributed by atoms with Gasteiger partial charge >= 0.3 is 5.97 Å². The lowest BCUT2D eigenvalue weighted by atomic mass is 9.82. The molecule has 3 unspecified atom stereocenters. The third-order valence-electron chi connectivity index (χ3n) is 4.42. The van der Waals surface area contributed by atoms with Gasteiger partial charge in [0.2, 0.25) is 0 Å². The van der Waals surface area contributed by atoms with Crippen molar-refractivity contribution in [3.05, 3.63) is 46.2 Å². The Morgan fingerprint density at radius 2 is 2.30 bits per heavy atom. The Bertz CT molecular complexity index is 659. The Labute approximate surface area is 139 Å². The lowest BCUT2D eigenvalue weighted by Gasteiger charge is -2.31. The number of pyridine rings is 1. The van der Waals surface area contributed by atoms with Gasteiger partial charge in [0.05, 0.1) is 12.2 Å². The van der Waals surface area contributed by atoms with E-state index >= 15 is 0 Å². The number of carboxylic acid groups (broad SMARTS) is 1. The van der Waals surface area contributed by atoms with Crippen LogP contribution in [-0.4, -0.2) is 27.1 Å². The van der Waals surface area contributed by atoms with Gasteiger partial charge in [0.25, 0.3) is 0 Å². The Balaban J connectivity index is 1.61. The summed E-state index contributed by atoms with van der Waals surface area (Å²) in [7, 11) is 0. The van der Waals surface area contributed by atoms with Crippen molar-refractivity contribution in [3.63, 3.8) is 0 Å². The summed E-state index contributed by atoms with van der Waals surface area (Å²) in [6, 6.07) is 4.66. The van der Waals surface area contributed by atoms with Crippen LogP contribution in [0.2, 0.25) is 0 Å². The maximum atomic E-state index is 11.0. The van der Waals surface area contributed by atoms with Crippen molar-refractivity contribution in [1.82, 2.24) is 15.3 Å². The Morgan fingerprint density at radius 1 is 1.43 bits per heavy atom. The molecule has 0 spiro atoms. The molecule has 3 atom stereocenters. The number of rotatable bonds is 5. The standard InChI is InChI=1S/C17H21N3O2S/c1-11(16-19-10-15(23-16)17(21)22)20-14-6-2-4-12(8-14)13-5-3-7-18-9-13/h3,5,7,9-12,14,20H,2,4,6,8H2,1H3,(H,21,22). The first-order chi connectivity index (χ1) is 11.1. The monoisotopic (exact) mass is 331 g/mol. The van der Waals surface area contributed by atoms with Crippen molar-refractivity contribution in [2.24, 2.45) is 0 Å². The van der Waals surface area contributed by atoms with Crippen LogP contribution < -0.4 is 5.32 Å². The summed E-state index contributed by atoms with van der Waals surface area (Å²) >= 11 is 1.25. The molecule has 0 saturated heterocycles. The van der Waals surface area contributed by atoms with Gasteiger partial charge in [-0.1, -0.05) is 12.5 Å². The zero-order valence-electron chi connectivity index (χ0n) is 13.1. The number of nitrogens with one attached hydrogen (secondary N) is 1. The van der Waals surface area contributed by atoms with Crippen LogP contribution in [0.4, 0.5) is 0 Å². The number of thiazole rings is 1. The van der Waals surface area contributed by atoms with Gasteiger partial charge in [0.1, 0.15) is 9.88 Å². The van der Waals surface area contributed by atoms with Crippen molar-refractivity contribution in [2.45, 2.75) is 50.6 Å². The summed E-state index contributed by atoms with van der Waals surface area (Å²) in [5, 5.41) is 13.5. The molecule has 122 valence electrons. The number of nitrogens with zero attached hydrogens (tertiary/aromatic N) is 2. The first kappa shape index (κ1) is 16.1. The molecule has 2 N–H and O–H groups in total.